The molecule has 0 aromatic heterocycles. The Hall–Kier alpha value is -1.89. The molecule has 22 heavy (non-hydrogen) atoms. The molecule has 0 unspecified atom stereocenters. The average molecular weight is 327 g/mol. The van der Waals surface area contributed by atoms with E-state index in [1.54, 1.807) is 25.3 Å². The molecule has 1 aromatic carbocycles. The number of methoxy groups -OCH3 is 3. The second-order valence-electron chi connectivity index (χ2n) is 4.45. The molecule has 122 valence electrons. The summed E-state index contributed by atoms with van der Waals surface area (Å²) >= 11 is 1.41. The highest BCUT2D eigenvalue weighted by Gasteiger charge is 2.20. The molecule has 0 fully saturated rings. The van der Waals surface area contributed by atoms with Crippen LogP contribution >= 0.6 is 11.8 Å². The van der Waals surface area contributed by atoms with Crippen molar-refractivity contribution in [2.45, 2.75) is 12.5 Å². The van der Waals surface area contributed by atoms with Crippen LogP contribution in [0.5, 0.6) is 11.5 Å². The lowest BCUT2D eigenvalue weighted by molar-refractivity contribution is -0.141. The van der Waals surface area contributed by atoms with Gasteiger partial charge in [-0.2, -0.15) is 11.8 Å². The van der Waals surface area contributed by atoms with E-state index in [-0.39, 0.29) is 12.3 Å². The molecular formula is C15H21NO5S. The van der Waals surface area contributed by atoms with Crippen molar-refractivity contribution in [2.24, 2.45) is 0 Å². The third-order valence-electron chi connectivity index (χ3n) is 3.02. The van der Waals surface area contributed by atoms with Gasteiger partial charge in [0.15, 0.2) is 11.5 Å². The molecule has 6 nitrogen and oxygen atoms in total. The molecule has 1 N–H and O–H groups in total. The molecular weight excluding hydrogens is 306 g/mol. The van der Waals surface area contributed by atoms with Gasteiger partial charge in [0.25, 0.3) is 0 Å². The van der Waals surface area contributed by atoms with Crippen molar-refractivity contribution in [1.82, 2.24) is 5.32 Å². The lowest BCUT2D eigenvalue weighted by Crippen LogP contribution is -2.31. The fourth-order valence-corrected chi connectivity index (χ4v) is 2.28. The van der Waals surface area contributed by atoms with Crippen LogP contribution in [0.4, 0.5) is 0 Å². The number of benzene rings is 1. The first-order chi connectivity index (χ1) is 10.5. The van der Waals surface area contributed by atoms with Crippen molar-refractivity contribution >= 4 is 23.6 Å². The van der Waals surface area contributed by atoms with Crippen LogP contribution in [0.1, 0.15) is 18.0 Å². The van der Waals surface area contributed by atoms with E-state index in [4.69, 9.17) is 14.2 Å². The molecule has 0 aliphatic carbocycles. The summed E-state index contributed by atoms with van der Waals surface area (Å²) in [4.78, 5) is 23.4. The number of thioether (sulfide) groups is 1. The molecule has 1 atom stereocenters. The maximum Gasteiger partial charge on any atom is 0.307 e. The minimum absolute atomic E-state index is 0.0477. The first kappa shape index (κ1) is 18.2. The van der Waals surface area contributed by atoms with Crippen LogP contribution in [0.15, 0.2) is 18.2 Å². The van der Waals surface area contributed by atoms with E-state index in [1.165, 1.54) is 26.0 Å². The van der Waals surface area contributed by atoms with E-state index in [0.717, 1.165) is 5.56 Å². The van der Waals surface area contributed by atoms with Gasteiger partial charge in [0.2, 0.25) is 5.91 Å². The molecule has 0 bridgehead atoms. The number of amides is 1. The first-order valence-corrected chi connectivity index (χ1v) is 8.02. The molecule has 0 saturated heterocycles. The lowest BCUT2D eigenvalue weighted by Gasteiger charge is -2.19. The number of nitrogens with one attached hydrogen (secondary N) is 1. The number of carbonyl (C=O) groups excluding carboxylic acids is 2. The number of carbonyl (C=O) groups is 2. The summed E-state index contributed by atoms with van der Waals surface area (Å²) in [6.45, 7) is 0. The maximum absolute atomic E-state index is 11.8. The number of ether oxygens (including phenoxy) is 3. The zero-order valence-corrected chi connectivity index (χ0v) is 14.0. The molecule has 0 aliphatic heterocycles. The van der Waals surface area contributed by atoms with E-state index in [1.807, 2.05) is 6.26 Å². The molecule has 1 aromatic rings. The number of rotatable bonds is 8. The standard InChI is InChI=1S/C15H21NO5S/c1-19-12-6-5-10(7-13(12)20-2)11(8-15(18)21-3)16-14(17)9-22-4/h5-7,11H,8-9H2,1-4H3,(H,16,17)/t11-/m0/s1. The molecule has 0 spiro atoms. The van der Waals surface area contributed by atoms with Gasteiger partial charge in [0, 0.05) is 0 Å². The molecule has 1 amide bonds. The molecule has 0 aliphatic rings. The molecule has 0 radical (unpaired) electrons. The highest BCUT2D eigenvalue weighted by atomic mass is 32.2. The third-order valence-corrected chi connectivity index (χ3v) is 3.57. The van der Waals surface area contributed by atoms with E-state index < -0.39 is 12.0 Å². The SMILES string of the molecule is COC(=O)C[C@H](NC(=O)CSC)c1ccc(OC)c(OC)c1. The number of hydrogen-bond donors (Lipinski definition) is 1. The Morgan fingerprint density at radius 1 is 1.18 bits per heavy atom. The summed E-state index contributed by atoms with van der Waals surface area (Å²) in [5.41, 5.74) is 0.748. The topological polar surface area (TPSA) is 73.9 Å². The summed E-state index contributed by atoms with van der Waals surface area (Å²) in [7, 11) is 4.39. The Kier molecular flexibility index (Phi) is 7.59. The number of hydrogen-bond acceptors (Lipinski definition) is 6. The third kappa shape index (κ3) is 5.14. The van der Waals surface area contributed by atoms with Gasteiger partial charge < -0.3 is 19.5 Å². The van der Waals surface area contributed by atoms with E-state index in [9.17, 15) is 9.59 Å². The summed E-state index contributed by atoms with van der Waals surface area (Å²) in [6.07, 6.45) is 1.89. The van der Waals surface area contributed by atoms with Gasteiger partial charge in [-0.1, -0.05) is 6.07 Å². The number of esters is 1. The smallest absolute Gasteiger partial charge is 0.307 e. The Bertz CT molecular complexity index is 521. The second kappa shape index (κ2) is 9.19. The zero-order valence-electron chi connectivity index (χ0n) is 13.2. The van der Waals surface area contributed by atoms with E-state index in [0.29, 0.717) is 17.3 Å². The van der Waals surface area contributed by atoms with Crippen molar-refractivity contribution in [3.05, 3.63) is 23.8 Å². The van der Waals surface area contributed by atoms with Gasteiger partial charge in [-0.05, 0) is 24.0 Å². The molecule has 0 saturated carbocycles. The van der Waals surface area contributed by atoms with Crippen LogP contribution in [0.2, 0.25) is 0 Å². The first-order valence-electron chi connectivity index (χ1n) is 6.62. The van der Waals surface area contributed by atoms with Crippen LogP contribution in [-0.4, -0.2) is 45.2 Å². The van der Waals surface area contributed by atoms with Crippen molar-refractivity contribution in [2.75, 3.05) is 33.3 Å². The summed E-state index contributed by atoms with van der Waals surface area (Å²) in [5.74, 6) is 0.901. The van der Waals surface area contributed by atoms with Crippen LogP contribution < -0.4 is 14.8 Å². The van der Waals surface area contributed by atoms with E-state index in [2.05, 4.69) is 5.32 Å². The van der Waals surface area contributed by atoms with E-state index >= 15 is 0 Å². The van der Waals surface area contributed by atoms with Gasteiger partial charge in [-0.15, -0.1) is 0 Å². The lowest BCUT2D eigenvalue weighted by atomic mass is 10.0. The zero-order chi connectivity index (χ0) is 16.5. The highest BCUT2D eigenvalue weighted by molar-refractivity contribution is 7.99. The summed E-state index contributed by atoms with van der Waals surface area (Å²) in [5, 5.41) is 2.83. The minimum atomic E-state index is -0.480. The summed E-state index contributed by atoms with van der Waals surface area (Å²) < 4.78 is 15.1. The Labute approximate surface area is 134 Å². The van der Waals surface area contributed by atoms with Gasteiger partial charge in [0.1, 0.15) is 0 Å². The quantitative estimate of drug-likeness (QED) is 0.734. The largest absolute Gasteiger partial charge is 0.493 e. The normalized spacial score (nSPS) is 11.5. The van der Waals surface area contributed by atoms with Crippen LogP contribution in [-0.2, 0) is 14.3 Å². The minimum Gasteiger partial charge on any atom is -0.493 e. The fourth-order valence-electron chi connectivity index (χ4n) is 1.94. The van der Waals surface area contributed by atoms with Gasteiger partial charge in [-0.3, -0.25) is 9.59 Å². The monoisotopic (exact) mass is 327 g/mol. The van der Waals surface area contributed by atoms with Crippen molar-refractivity contribution in [3.8, 4) is 11.5 Å². The molecule has 7 heteroatoms. The highest BCUT2D eigenvalue weighted by Crippen LogP contribution is 2.31. The van der Waals surface area contributed by atoms with Crippen LogP contribution in [0, 0.1) is 0 Å². The second-order valence-corrected chi connectivity index (χ2v) is 5.31. The Balaban J connectivity index is 3.03. The Morgan fingerprint density at radius 3 is 2.41 bits per heavy atom. The Morgan fingerprint density at radius 2 is 1.86 bits per heavy atom. The van der Waals surface area contributed by atoms with Crippen molar-refractivity contribution < 1.29 is 23.8 Å². The van der Waals surface area contributed by atoms with Crippen molar-refractivity contribution in [3.63, 3.8) is 0 Å². The van der Waals surface area contributed by atoms with Crippen molar-refractivity contribution in [1.29, 1.82) is 0 Å². The fraction of sp³-hybridized carbons (Fsp3) is 0.467. The predicted molar refractivity (Wildman–Crippen MR) is 85.4 cm³/mol. The molecule has 0 heterocycles. The summed E-state index contributed by atoms with van der Waals surface area (Å²) in [6, 6.07) is 4.78. The van der Waals surface area contributed by atoms with Crippen LogP contribution in [0.3, 0.4) is 0 Å². The van der Waals surface area contributed by atoms with Crippen LogP contribution in [0.25, 0.3) is 0 Å². The van der Waals surface area contributed by atoms with Gasteiger partial charge in [-0.25, -0.2) is 0 Å². The predicted octanol–water partition coefficient (Wildman–Crippen LogP) is 1.79. The average Bonchev–Trinajstić information content (AvgIpc) is 2.53. The van der Waals surface area contributed by atoms with Gasteiger partial charge in [0.05, 0.1) is 39.5 Å². The maximum atomic E-state index is 11.8. The van der Waals surface area contributed by atoms with Gasteiger partial charge >= 0.3 is 5.97 Å². The molecule has 1 rings (SSSR count).